The molecule has 0 saturated heterocycles. The number of hydrogen-bond acceptors (Lipinski definition) is 2. The summed E-state index contributed by atoms with van der Waals surface area (Å²) in [6, 6.07) is 11.0. The molecule has 98 valence electrons. The number of carbonyl (C=O) groups is 1. The minimum Gasteiger partial charge on any atom is -0.478 e. The van der Waals surface area contributed by atoms with Crippen molar-refractivity contribution in [3.8, 4) is 0 Å². The Kier molecular flexibility index (Phi) is 3.90. The summed E-state index contributed by atoms with van der Waals surface area (Å²) in [5.41, 5.74) is 4.24. The molecule has 0 aliphatic heterocycles. The van der Waals surface area contributed by atoms with Gasteiger partial charge in [0.05, 0.1) is 5.56 Å². The van der Waals surface area contributed by atoms with E-state index in [1.54, 1.807) is 18.2 Å². The van der Waals surface area contributed by atoms with Gasteiger partial charge in [-0.25, -0.2) is 4.79 Å². The Morgan fingerprint density at radius 1 is 1.11 bits per heavy atom. The van der Waals surface area contributed by atoms with E-state index in [1.165, 1.54) is 0 Å². The largest absolute Gasteiger partial charge is 0.478 e. The van der Waals surface area contributed by atoms with Gasteiger partial charge in [-0.2, -0.15) is 0 Å². The first kappa shape index (κ1) is 13.6. The quantitative estimate of drug-likeness (QED) is 0.875. The van der Waals surface area contributed by atoms with Crippen LogP contribution in [0.1, 0.15) is 21.5 Å². The van der Waals surface area contributed by atoms with Crippen LogP contribution in [0.3, 0.4) is 0 Å². The van der Waals surface area contributed by atoms with Crippen LogP contribution in [0.2, 0.25) is 0 Å². The number of carboxylic acids is 1. The molecule has 0 saturated carbocycles. The molecule has 0 bridgehead atoms. The summed E-state index contributed by atoms with van der Waals surface area (Å²) < 4.78 is 1.07. The molecule has 19 heavy (non-hydrogen) atoms. The number of benzene rings is 2. The number of rotatable bonds is 3. The number of aromatic carboxylic acids is 1. The predicted octanol–water partition coefficient (Wildman–Crippen LogP) is 4.51. The zero-order chi connectivity index (χ0) is 14.0. The highest BCUT2D eigenvalue weighted by atomic mass is 79.9. The Morgan fingerprint density at radius 2 is 1.84 bits per heavy atom. The lowest BCUT2D eigenvalue weighted by molar-refractivity contribution is 0.0697. The monoisotopic (exact) mass is 319 g/mol. The number of carboxylic acid groups (broad SMARTS) is 1. The second kappa shape index (κ2) is 5.45. The minimum absolute atomic E-state index is 0.301. The average molecular weight is 320 g/mol. The molecule has 0 amide bonds. The summed E-state index contributed by atoms with van der Waals surface area (Å²) in [5, 5.41) is 12.2. The first-order valence-electron chi connectivity index (χ1n) is 5.84. The van der Waals surface area contributed by atoms with Crippen LogP contribution in [0.15, 0.2) is 40.9 Å². The third kappa shape index (κ3) is 3.15. The maximum absolute atomic E-state index is 10.9. The number of nitrogens with one attached hydrogen (secondary N) is 1. The molecule has 3 nitrogen and oxygen atoms in total. The fourth-order valence-corrected chi connectivity index (χ4v) is 2.06. The normalized spacial score (nSPS) is 10.3. The van der Waals surface area contributed by atoms with E-state index < -0.39 is 5.97 Å². The van der Waals surface area contributed by atoms with E-state index >= 15 is 0 Å². The zero-order valence-corrected chi connectivity index (χ0v) is 12.3. The Morgan fingerprint density at radius 3 is 2.42 bits per heavy atom. The van der Waals surface area contributed by atoms with Gasteiger partial charge in [0.1, 0.15) is 0 Å². The van der Waals surface area contributed by atoms with E-state index in [0.717, 1.165) is 27.0 Å². The lowest BCUT2D eigenvalue weighted by Gasteiger charge is -2.11. The molecular weight excluding hydrogens is 306 g/mol. The maximum Gasteiger partial charge on any atom is 0.335 e. The Bertz CT molecular complexity index is 638. The van der Waals surface area contributed by atoms with Gasteiger partial charge in [-0.1, -0.05) is 15.9 Å². The number of halogens is 1. The molecule has 0 radical (unpaired) electrons. The fraction of sp³-hybridized carbons (Fsp3) is 0.133. The molecule has 4 heteroatoms. The van der Waals surface area contributed by atoms with Crippen LogP contribution in [-0.2, 0) is 0 Å². The molecule has 0 fully saturated rings. The second-order valence-electron chi connectivity index (χ2n) is 4.42. The van der Waals surface area contributed by atoms with Gasteiger partial charge >= 0.3 is 5.97 Å². The van der Waals surface area contributed by atoms with E-state index in [-0.39, 0.29) is 0 Å². The van der Waals surface area contributed by atoms with Crippen molar-refractivity contribution in [2.24, 2.45) is 0 Å². The van der Waals surface area contributed by atoms with Crippen LogP contribution in [0.4, 0.5) is 11.4 Å². The van der Waals surface area contributed by atoms with Crippen molar-refractivity contribution in [1.82, 2.24) is 0 Å². The second-order valence-corrected chi connectivity index (χ2v) is 5.28. The van der Waals surface area contributed by atoms with Crippen LogP contribution in [0.25, 0.3) is 0 Å². The summed E-state index contributed by atoms with van der Waals surface area (Å²) in [5.74, 6) is -0.908. The van der Waals surface area contributed by atoms with Crippen LogP contribution in [0.5, 0.6) is 0 Å². The summed E-state index contributed by atoms with van der Waals surface area (Å²) in [4.78, 5) is 10.9. The van der Waals surface area contributed by atoms with E-state index in [9.17, 15) is 4.79 Å². The highest BCUT2D eigenvalue weighted by molar-refractivity contribution is 9.10. The third-order valence-corrected chi connectivity index (χ3v) is 3.80. The van der Waals surface area contributed by atoms with Gasteiger partial charge in [-0.05, 0) is 61.4 Å². The standard InChI is InChI=1S/C15H14BrNO2/c1-9-8-12(4-5-13(9)16)17-14-6-3-11(15(18)19)7-10(14)2/h3-8,17H,1-2H3,(H,18,19). The van der Waals surface area contributed by atoms with E-state index in [1.807, 2.05) is 32.0 Å². The van der Waals surface area contributed by atoms with Gasteiger partial charge in [0.15, 0.2) is 0 Å². The lowest BCUT2D eigenvalue weighted by atomic mass is 10.1. The molecule has 0 heterocycles. The van der Waals surface area contributed by atoms with Gasteiger partial charge in [-0.15, -0.1) is 0 Å². The fourth-order valence-electron chi connectivity index (χ4n) is 1.81. The van der Waals surface area contributed by atoms with Crippen LogP contribution < -0.4 is 5.32 Å². The smallest absolute Gasteiger partial charge is 0.335 e. The molecule has 2 aromatic carbocycles. The molecule has 0 aromatic heterocycles. The molecule has 0 atom stereocenters. The number of hydrogen-bond donors (Lipinski definition) is 2. The van der Waals surface area contributed by atoms with Crippen molar-refractivity contribution in [1.29, 1.82) is 0 Å². The molecular formula is C15H14BrNO2. The summed E-state index contributed by atoms with van der Waals surface area (Å²) in [6.45, 7) is 3.91. The van der Waals surface area contributed by atoms with E-state index in [2.05, 4.69) is 21.2 Å². The number of aryl methyl sites for hydroxylation is 2. The molecule has 2 N–H and O–H groups in total. The molecule has 0 spiro atoms. The van der Waals surface area contributed by atoms with Gasteiger partial charge < -0.3 is 10.4 Å². The van der Waals surface area contributed by atoms with E-state index in [0.29, 0.717) is 5.56 Å². The SMILES string of the molecule is Cc1cc(Nc2ccc(C(=O)O)cc2C)ccc1Br. The van der Waals surface area contributed by atoms with E-state index in [4.69, 9.17) is 5.11 Å². The summed E-state index contributed by atoms with van der Waals surface area (Å²) in [6.07, 6.45) is 0. The summed E-state index contributed by atoms with van der Waals surface area (Å²) in [7, 11) is 0. The first-order valence-corrected chi connectivity index (χ1v) is 6.64. The van der Waals surface area contributed by atoms with Crippen molar-refractivity contribution in [3.63, 3.8) is 0 Å². The van der Waals surface area contributed by atoms with Crippen LogP contribution in [-0.4, -0.2) is 11.1 Å². The Hall–Kier alpha value is -1.81. The van der Waals surface area contributed by atoms with Crippen LogP contribution in [0, 0.1) is 13.8 Å². The minimum atomic E-state index is -0.908. The van der Waals surface area contributed by atoms with Gasteiger partial charge in [0.25, 0.3) is 0 Å². The maximum atomic E-state index is 10.9. The van der Waals surface area contributed by atoms with Crippen molar-refractivity contribution in [2.45, 2.75) is 13.8 Å². The Labute approximate surface area is 120 Å². The van der Waals surface area contributed by atoms with Gasteiger partial charge in [0.2, 0.25) is 0 Å². The Balaban J connectivity index is 2.28. The third-order valence-electron chi connectivity index (χ3n) is 2.91. The van der Waals surface area contributed by atoms with Gasteiger partial charge in [-0.3, -0.25) is 0 Å². The van der Waals surface area contributed by atoms with Crippen molar-refractivity contribution < 1.29 is 9.90 Å². The molecule has 2 rings (SSSR count). The average Bonchev–Trinajstić information content (AvgIpc) is 2.36. The van der Waals surface area contributed by atoms with Crippen LogP contribution >= 0.6 is 15.9 Å². The lowest BCUT2D eigenvalue weighted by Crippen LogP contribution is -1.99. The van der Waals surface area contributed by atoms with Gasteiger partial charge in [0, 0.05) is 15.8 Å². The zero-order valence-electron chi connectivity index (χ0n) is 10.7. The van der Waals surface area contributed by atoms with Crippen molar-refractivity contribution in [2.75, 3.05) is 5.32 Å². The van der Waals surface area contributed by atoms with Crippen molar-refractivity contribution in [3.05, 3.63) is 57.6 Å². The molecule has 0 aliphatic carbocycles. The topological polar surface area (TPSA) is 49.3 Å². The first-order chi connectivity index (χ1) is 8.97. The predicted molar refractivity (Wildman–Crippen MR) is 80.3 cm³/mol. The highest BCUT2D eigenvalue weighted by Gasteiger charge is 2.06. The number of anilines is 2. The molecule has 0 aliphatic rings. The summed E-state index contributed by atoms with van der Waals surface area (Å²) >= 11 is 3.46. The molecule has 0 unspecified atom stereocenters. The molecule has 2 aromatic rings. The highest BCUT2D eigenvalue weighted by Crippen LogP contribution is 2.25. The van der Waals surface area contributed by atoms with Crippen molar-refractivity contribution >= 4 is 33.3 Å².